The van der Waals surface area contributed by atoms with E-state index >= 15 is 0 Å². The molecule has 0 spiro atoms. The molecule has 0 fully saturated rings. The van der Waals surface area contributed by atoms with Crippen molar-refractivity contribution in [1.29, 1.82) is 0 Å². The van der Waals surface area contributed by atoms with Crippen LogP contribution in [0.15, 0.2) is 17.3 Å². The first-order valence-electron chi connectivity index (χ1n) is 3.96. The summed E-state index contributed by atoms with van der Waals surface area (Å²) in [6, 6.07) is 1.87. The predicted octanol–water partition coefficient (Wildman–Crippen LogP) is 1.54. The first-order chi connectivity index (χ1) is 5.90. The van der Waals surface area contributed by atoms with E-state index in [4.69, 9.17) is 0 Å². The number of carbonyl (C=O) groups excluding carboxylic acids is 1. The van der Waals surface area contributed by atoms with E-state index in [9.17, 15) is 4.79 Å². The zero-order chi connectivity index (χ0) is 8.39. The van der Waals surface area contributed by atoms with E-state index in [1.54, 1.807) is 6.20 Å². The highest BCUT2D eigenvalue weighted by molar-refractivity contribution is 5.47. The van der Waals surface area contributed by atoms with E-state index in [2.05, 4.69) is 9.98 Å². The molecule has 1 aliphatic carbocycles. The Bertz CT molecular complexity index is 354. The smallest absolute Gasteiger partial charge is 0.236 e. The fourth-order valence-corrected chi connectivity index (χ4v) is 1.55. The summed E-state index contributed by atoms with van der Waals surface area (Å²) in [6.07, 6.45) is 6.66. The largest absolute Gasteiger partial charge is 0.242 e. The molecule has 2 rings (SSSR count). The number of aryl methyl sites for hydroxylation is 2. The Hall–Kier alpha value is -1.47. The topological polar surface area (TPSA) is 42.3 Å². The number of aromatic nitrogens is 1. The molecular weight excluding hydrogens is 152 g/mol. The van der Waals surface area contributed by atoms with Gasteiger partial charge in [0.25, 0.3) is 0 Å². The summed E-state index contributed by atoms with van der Waals surface area (Å²) in [5, 5.41) is 0. The summed E-state index contributed by atoms with van der Waals surface area (Å²) in [4.78, 5) is 17.4. The fourth-order valence-electron chi connectivity index (χ4n) is 1.55. The summed E-state index contributed by atoms with van der Waals surface area (Å²) in [6.45, 7) is 0. The summed E-state index contributed by atoms with van der Waals surface area (Å²) >= 11 is 0. The maximum Gasteiger partial charge on any atom is 0.242 e. The van der Waals surface area contributed by atoms with E-state index in [1.807, 2.05) is 6.07 Å². The Balaban J connectivity index is 2.45. The minimum Gasteiger partial charge on any atom is -0.236 e. The van der Waals surface area contributed by atoms with Gasteiger partial charge in [0, 0.05) is 6.20 Å². The van der Waals surface area contributed by atoms with Gasteiger partial charge in [-0.15, -0.1) is 4.99 Å². The third-order valence-corrected chi connectivity index (χ3v) is 2.12. The molecule has 0 bridgehead atoms. The van der Waals surface area contributed by atoms with Crippen LogP contribution < -0.4 is 0 Å². The van der Waals surface area contributed by atoms with Crippen LogP contribution in [0.25, 0.3) is 0 Å². The summed E-state index contributed by atoms with van der Waals surface area (Å²) in [5.74, 6) is 0.477. The van der Waals surface area contributed by atoms with Crippen LogP contribution in [0.3, 0.4) is 0 Å². The molecule has 0 atom stereocenters. The van der Waals surface area contributed by atoms with Gasteiger partial charge in [-0.2, -0.15) is 0 Å². The van der Waals surface area contributed by atoms with Crippen LogP contribution in [-0.2, 0) is 17.6 Å². The van der Waals surface area contributed by atoms with Crippen molar-refractivity contribution in [3.8, 4) is 0 Å². The number of rotatable bonds is 1. The molecule has 3 heteroatoms. The van der Waals surface area contributed by atoms with Gasteiger partial charge in [0.1, 0.15) is 0 Å². The molecular formula is C9H8N2O. The molecule has 0 amide bonds. The van der Waals surface area contributed by atoms with Gasteiger partial charge in [-0.3, -0.25) is 0 Å². The number of pyridine rings is 1. The van der Waals surface area contributed by atoms with Crippen molar-refractivity contribution in [2.24, 2.45) is 4.99 Å². The van der Waals surface area contributed by atoms with Crippen LogP contribution in [0.1, 0.15) is 17.5 Å². The minimum atomic E-state index is 0.477. The van der Waals surface area contributed by atoms with Gasteiger partial charge in [0.05, 0.1) is 0 Å². The van der Waals surface area contributed by atoms with E-state index in [1.165, 1.54) is 23.6 Å². The standard InChI is InChI=1S/C9H8N2O/c12-6-11-9-4-7-2-1-3-8(7)5-10-9/h4-5H,1-3H2. The maximum absolute atomic E-state index is 9.94. The van der Waals surface area contributed by atoms with Gasteiger partial charge in [0.2, 0.25) is 6.08 Å². The van der Waals surface area contributed by atoms with Crippen LogP contribution in [0.4, 0.5) is 5.82 Å². The van der Waals surface area contributed by atoms with Crippen LogP contribution in [0.2, 0.25) is 0 Å². The zero-order valence-corrected chi connectivity index (χ0v) is 6.58. The van der Waals surface area contributed by atoms with Gasteiger partial charge in [-0.05, 0) is 36.5 Å². The first kappa shape index (κ1) is 7.19. The minimum absolute atomic E-state index is 0.477. The second kappa shape index (κ2) is 2.88. The lowest BCUT2D eigenvalue weighted by Gasteiger charge is -1.96. The number of fused-ring (bicyclic) bond motifs is 1. The Morgan fingerprint density at radius 2 is 2.25 bits per heavy atom. The Kier molecular flexibility index (Phi) is 1.72. The molecule has 12 heavy (non-hydrogen) atoms. The van der Waals surface area contributed by atoms with Crippen molar-refractivity contribution >= 4 is 11.9 Å². The van der Waals surface area contributed by atoms with Crippen LogP contribution in [-0.4, -0.2) is 11.1 Å². The molecule has 60 valence electrons. The summed E-state index contributed by atoms with van der Waals surface area (Å²) < 4.78 is 0. The van der Waals surface area contributed by atoms with Gasteiger partial charge < -0.3 is 0 Å². The average Bonchev–Trinajstić information content (AvgIpc) is 2.51. The quantitative estimate of drug-likeness (QED) is 0.462. The monoisotopic (exact) mass is 160 g/mol. The molecule has 0 aromatic carbocycles. The number of hydrogen-bond donors (Lipinski definition) is 0. The highest BCUT2D eigenvalue weighted by Gasteiger charge is 2.10. The lowest BCUT2D eigenvalue weighted by molar-refractivity contribution is 0.565. The van der Waals surface area contributed by atoms with E-state index in [-0.39, 0.29) is 0 Å². The maximum atomic E-state index is 9.94. The molecule has 0 N–H and O–H groups in total. The Morgan fingerprint density at radius 3 is 3.08 bits per heavy atom. The predicted molar refractivity (Wildman–Crippen MR) is 44.0 cm³/mol. The molecule has 1 heterocycles. The van der Waals surface area contributed by atoms with E-state index in [0.29, 0.717) is 5.82 Å². The van der Waals surface area contributed by atoms with E-state index in [0.717, 1.165) is 12.8 Å². The Labute approximate surface area is 70.2 Å². The molecule has 1 aliphatic rings. The van der Waals surface area contributed by atoms with Crippen molar-refractivity contribution in [2.45, 2.75) is 19.3 Å². The number of nitrogens with zero attached hydrogens (tertiary/aromatic N) is 2. The van der Waals surface area contributed by atoms with Crippen LogP contribution >= 0.6 is 0 Å². The number of isocyanates is 1. The zero-order valence-electron chi connectivity index (χ0n) is 6.58. The lowest BCUT2D eigenvalue weighted by Crippen LogP contribution is -1.83. The molecule has 0 unspecified atom stereocenters. The highest BCUT2D eigenvalue weighted by Crippen LogP contribution is 2.23. The van der Waals surface area contributed by atoms with Crippen molar-refractivity contribution < 1.29 is 4.79 Å². The van der Waals surface area contributed by atoms with Gasteiger partial charge in [-0.1, -0.05) is 0 Å². The highest BCUT2D eigenvalue weighted by atomic mass is 16.1. The van der Waals surface area contributed by atoms with Crippen molar-refractivity contribution in [3.63, 3.8) is 0 Å². The molecule has 3 nitrogen and oxygen atoms in total. The fraction of sp³-hybridized carbons (Fsp3) is 0.333. The molecule has 0 saturated heterocycles. The third-order valence-electron chi connectivity index (χ3n) is 2.12. The van der Waals surface area contributed by atoms with Gasteiger partial charge in [-0.25, -0.2) is 9.78 Å². The van der Waals surface area contributed by atoms with Crippen molar-refractivity contribution in [1.82, 2.24) is 4.98 Å². The molecule has 1 aromatic heterocycles. The summed E-state index contributed by atoms with van der Waals surface area (Å²) in [7, 11) is 0. The lowest BCUT2D eigenvalue weighted by atomic mass is 10.2. The third kappa shape index (κ3) is 1.15. The summed E-state index contributed by atoms with van der Waals surface area (Å²) in [5.41, 5.74) is 2.57. The number of hydrogen-bond acceptors (Lipinski definition) is 3. The molecule has 0 aliphatic heterocycles. The normalized spacial score (nSPS) is 13.7. The Morgan fingerprint density at radius 1 is 1.42 bits per heavy atom. The van der Waals surface area contributed by atoms with Crippen LogP contribution in [0.5, 0.6) is 0 Å². The second-order valence-electron chi connectivity index (χ2n) is 2.87. The first-order valence-corrected chi connectivity index (χ1v) is 3.96. The van der Waals surface area contributed by atoms with E-state index < -0.39 is 0 Å². The SMILES string of the molecule is O=C=Nc1cc2c(cn1)CCC2. The average molecular weight is 160 g/mol. The molecule has 0 radical (unpaired) electrons. The van der Waals surface area contributed by atoms with Crippen LogP contribution in [0, 0.1) is 0 Å². The molecule has 1 aromatic rings. The van der Waals surface area contributed by atoms with Gasteiger partial charge >= 0.3 is 0 Å². The second-order valence-corrected chi connectivity index (χ2v) is 2.87. The van der Waals surface area contributed by atoms with Crippen molar-refractivity contribution in [2.75, 3.05) is 0 Å². The number of aliphatic imine (C=N–C) groups is 1. The van der Waals surface area contributed by atoms with Gasteiger partial charge in [0.15, 0.2) is 5.82 Å². The van der Waals surface area contributed by atoms with Crippen molar-refractivity contribution in [3.05, 3.63) is 23.4 Å². The molecule has 0 saturated carbocycles.